The van der Waals surface area contributed by atoms with Crippen LogP contribution in [0.15, 0.2) is 0 Å². The highest BCUT2D eigenvalue weighted by atomic mass is 32.2. The Morgan fingerprint density at radius 3 is 2.32 bits per heavy atom. The first-order chi connectivity index (χ1) is 9.10. The van der Waals surface area contributed by atoms with Crippen molar-refractivity contribution in [2.24, 2.45) is 5.92 Å². The molecule has 1 aliphatic rings. The first-order valence-electron chi connectivity index (χ1n) is 6.76. The molecular weight excluding hydrogens is 268 g/mol. The van der Waals surface area contributed by atoms with E-state index >= 15 is 0 Å². The van der Waals surface area contributed by atoms with Gasteiger partial charge in [0, 0.05) is 27.3 Å². The van der Waals surface area contributed by atoms with Crippen LogP contribution in [-0.4, -0.2) is 72.1 Å². The van der Waals surface area contributed by atoms with E-state index < -0.39 is 10.0 Å². The minimum atomic E-state index is -3.23. The lowest BCUT2D eigenvalue weighted by Gasteiger charge is -2.27. The summed E-state index contributed by atoms with van der Waals surface area (Å²) in [7, 11) is -0.0820. The normalized spacial score (nSPS) is 20.9. The Morgan fingerprint density at radius 2 is 1.84 bits per heavy atom. The van der Waals surface area contributed by atoms with Crippen molar-refractivity contribution in [3.8, 4) is 0 Å². The summed E-state index contributed by atoms with van der Waals surface area (Å²) < 4.78 is 36.2. The zero-order valence-electron chi connectivity index (χ0n) is 11.9. The molecule has 0 bridgehead atoms. The predicted octanol–water partition coefficient (Wildman–Crippen LogP) is -0.0894. The summed E-state index contributed by atoms with van der Waals surface area (Å²) in [5.41, 5.74) is 0. The van der Waals surface area contributed by atoms with Crippen molar-refractivity contribution in [2.75, 3.05) is 59.4 Å². The molecule has 114 valence electrons. The molecule has 1 atom stereocenters. The number of piperidine rings is 1. The Morgan fingerprint density at radius 1 is 1.21 bits per heavy atom. The standard InChI is InChI=1S/C12H26N2O4S/c1-17-8-6-14(7-9-18-2)19(15,16)11-12-4-3-5-13-10-12/h12-13H,3-11H2,1-2H3. The topological polar surface area (TPSA) is 67.9 Å². The third-order valence-corrected chi connectivity index (χ3v) is 5.37. The van der Waals surface area contributed by atoms with Crippen LogP contribution in [0.3, 0.4) is 0 Å². The number of rotatable bonds is 9. The van der Waals surface area contributed by atoms with E-state index in [1.165, 1.54) is 4.31 Å². The fraction of sp³-hybridized carbons (Fsp3) is 1.00. The van der Waals surface area contributed by atoms with E-state index in [-0.39, 0.29) is 11.7 Å². The van der Waals surface area contributed by atoms with Crippen LogP contribution in [0, 0.1) is 5.92 Å². The Hall–Kier alpha value is -0.210. The van der Waals surface area contributed by atoms with Gasteiger partial charge in [-0.1, -0.05) is 0 Å². The van der Waals surface area contributed by atoms with Gasteiger partial charge in [0.05, 0.1) is 19.0 Å². The largest absolute Gasteiger partial charge is 0.383 e. The zero-order chi connectivity index (χ0) is 14.1. The first-order valence-corrected chi connectivity index (χ1v) is 8.37. The van der Waals surface area contributed by atoms with E-state index in [0.29, 0.717) is 26.3 Å². The Kier molecular flexibility index (Phi) is 7.86. The molecule has 7 heteroatoms. The van der Waals surface area contributed by atoms with Crippen LogP contribution in [-0.2, 0) is 19.5 Å². The van der Waals surface area contributed by atoms with E-state index in [2.05, 4.69) is 5.32 Å². The molecule has 6 nitrogen and oxygen atoms in total. The van der Waals surface area contributed by atoms with Crippen molar-refractivity contribution in [1.82, 2.24) is 9.62 Å². The number of hydrogen-bond acceptors (Lipinski definition) is 5. The highest BCUT2D eigenvalue weighted by Crippen LogP contribution is 2.15. The predicted molar refractivity (Wildman–Crippen MR) is 74.7 cm³/mol. The lowest BCUT2D eigenvalue weighted by atomic mass is 10.0. The maximum Gasteiger partial charge on any atom is 0.214 e. The van der Waals surface area contributed by atoms with Gasteiger partial charge < -0.3 is 14.8 Å². The number of nitrogens with zero attached hydrogens (tertiary/aromatic N) is 1. The molecule has 0 radical (unpaired) electrons. The minimum Gasteiger partial charge on any atom is -0.383 e. The van der Waals surface area contributed by atoms with Gasteiger partial charge >= 0.3 is 0 Å². The molecule has 0 saturated carbocycles. The highest BCUT2D eigenvalue weighted by molar-refractivity contribution is 7.89. The van der Waals surface area contributed by atoms with Crippen molar-refractivity contribution in [1.29, 1.82) is 0 Å². The lowest BCUT2D eigenvalue weighted by molar-refractivity contribution is 0.150. The van der Waals surface area contributed by atoms with Crippen molar-refractivity contribution >= 4 is 10.0 Å². The summed E-state index contributed by atoms with van der Waals surface area (Å²) in [5, 5.41) is 3.25. The summed E-state index contributed by atoms with van der Waals surface area (Å²) in [4.78, 5) is 0. The molecule has 1 aliphatic heterocycles. The second-order valence-corrected chi connectivity index (χ2v) is 6.89. The third-order valence-electron chi connectivity index (χ3n) is 3.33. The van der Waals surface area contributed by atoms with Gasteiger partial charge in [-0.2, -0.15) is 4.31 Å². The fourth-order valence-corrected chi connectivity index (χ4v) is 4.04. The minimum absolute atomic E-state index is 0.214. The maximum absolute atomic E-state index is 12.4. The molecule has 0 spiro atoms. The summed E-state index contributed by atoms with van der Waals surface area (Å²) in [5.74, 6) is 0.430. The van der Waals surface area contributed by atoms with Gasteiger partial charge in [-0.15, -0.1) is 0 Å². The number of sulfonamides is 1. The molecule has 1 saturated heterocycles. The molecule has 1 heterocycles. The van der Waals surface area contributed by atoms with Gasteiger partial charge in [0.15, 0.2) is 0 Å². The van der Waals surface area contributed by atoms with Gasteiger partial charge in [-0.05, 0) is 31.8 Å². The number of ether oxygens (including phenoxy) is 2. The van der Waals surface area contributed by atoms with Crippen LogP contribution in [0.2, 0.25) is 0 Å². The zero-order valence-corrected chi connectivity index (χ0v) is 12.7. The van der Waals surface area contributed by atoms with Crippen LogP contribution in [0.1, 0.15) is 12.8 Å². The second kappa shape index (κ2) is 8.86. The molecule has 19 heavy (non-hydrogen) atoms. The molecule has 0 aromatic carbocycles. The monoisotopic (exact) mass is 294 g/mol. The molecule has 1 rings (SSSR count). The first kappa shape index (κ1) is 16.8. The number of hydrogen-bond donors (Lipinski definition) is 1. The Labute approximate surface area is 116 Å². The van der Waals surface area contributed by atoms with Crippen molar-refractivity contribution in [2.45, 2.75) is 12.8 Å². The molecule has 1 fully saturated rings. The van der Waals surface area contributed by atoms with E-state index in [9.17, 15) is 8.42 Å². The fourth-order valence-electron chi connectivity index (χ4n) is 2.25. The summed E-state index contributed by atoms with van der Waals surface area (Å²) in [6, 6.07) is 0. The van der Waals surface area contributed by atoms with E-state index in [1.807, 2.05) is 0 Å². The average molecular weight is 294 g/mol. The van der Waals surface area contributed by atoms with Crippen LogP contribution in [0.4, 0.5) is 0 Å². The molecule has 0 aliphatic carbocycles. The molecule has 0 amide bonds. The van der Waals surface area contributed by atoms with Crippen molar-refractivity contribution < 1.29 is 17.9 Å². The highest BCUT2D eigenvalue weighted by Gasteiger charge is 2.26. The van der Waals surface area contributed by atoms with Crippen LogP contribution >= 0.6 is 0 Å². The maximum atomic E-state index is 12.4. The smallest absolute Gasteiger partial charge is 0.214 e. The quantitative estimate of drug-likeness (QED) is 0.644. The summed E-state index contributed by atoms with van der Waals surface area (Å²) >= 11 is 0. The van der Waals surface area contributed by atoms with E-state index in [4.69, 9.17) is 9.47 Å². The second-order valence-electron chi connectivity index (χ2n) is 4.88. The van der Waals surface area contributed by atoms with E-state index in [0.717, 1.165) is 25.9 Å². The van der Waals surface area contributed by atoms with Crippen LogP contribution in [0.25, 0.3) is 0 Å². The van der Waals surface area contributed by atoms with Gasteiger partial charge in [0.2, 0.25) is 10.0 Å². The third kappa shape index (κ3) is 6.18. The van der Waals surface area contributed by atoms with Gasteiger partial charge in [0.1, 0.15) is 0 Å². The van der Waals surface area contributed by atoms with Gasteiger partial charge in [-0.25, -0.2) is 8.42 Å². The van der Waals surface area contributed by atoms with Gasteiger partial charge in [-0.3, -0.25) is 0 Å². The van der Waals surface area contributed by atoms with Crippen LogP contribution in [0.5, 0.6) is 0 Å². The Balaban J connectivity index is 2.56. The summed E-state index contributed by atoms with van der Waals surface area (Å²) in [6.45, 7) is 3.39. The summed E-state index contributed by atoms with van der Waals surface area (Å²) in [6.07, 6.45) is 2.03. The van der Waals surface area contributed by atoms with Crippen LogP contribution < -0.4 is 5.32 Å². The number of nitrogens with one attached hydrogen (secondary N) is 1. The SMILES string of the molecule is COCCN(CCOC)S(=O)(=O)CC1CCCNC1. The average Bonchev–Trinajstić information content (AvgIpc) is 2.39. The van der Waals surface area contributed by atoms with Gasteiger partial charge in [0.25, 0.3) is 0 Å². The Bertz CT molecular complexity index is 321. The lowest BCUT2D eigenvalue weighted by Crippen LogP contribution is -2.42. The molecule has 1 unspecified atom stereocenters. The van der Waals surface area contributed by atoms with E-state index in [1.54, 1.807) is 14.2 Å². The van der Waals surface area contributed by atoms with Crippen molar-refractivity contribution in [3.63, 3.8) is 0 Å². The molecular formula is C12H26N2O4S. The van der Waals surface area contributed by atoms with Crippen molar-refractivity contribution in [3.05, 3.63) is 0 Å². The molecule has 0 aromatic rings. The number of methoxy groups -OCH3 is 2. The molecule has 1 N–H and O–H groups in total. The molecule has 0 aromatic heterocycles.